The summed E-state index contributed by atoms with van der Waals surface area (Å²) in [5.41, 5.74) is 1.06. The summed E-state index contributed by atoms with van der Waals surface area (Å²) in [6.07, 6.45) is 2.68. The maximum absolute atomic E-state index is 11.9. The number of rotatable bonds is 5. The van der Waals surface area contributed by atoms with Crippen molar-refractivity contribution in [3.63, 3.8) is 0 Å². The number of nitro groups is 1. The van der Waals surface area contributed by atoms with Crippen molar-refractivity contribution in [2.24, 2.45) is 0 Å². The van der Waals surface area contributed by atoms with E-state index in [9.17, 15) is 14.9 Å². The van der Waals surface area contributed by atoms with Crippen molar-refractivity contribution < 1.29 is 14.5 Å². The number of halogens is 1. The molecule has 0 heterocycles. The van der Waals surface area contributed by atoms with Crippen LogP contribution in [0.5, 0.6) is 5.75 Å². The van der Waals surface area contributed by atoms with Gasteiger partial charge in [-0.15, -0.1) is 0 Å². The predicted molar refractivity (Wildman–Crippen MR) is 104 cm³/mol. The summed E-state index contributed by atoms with van der Waals surface area (Å²) in [4.78, 5) is 22.1. The number of hydrogen-bond donors (Lipinski definition) is 2. The molecule has 1 amide bonds. The lowest BCUT2D eigenvalue weighted by atomic mass is 10.2. The number of benzene rings is 2. The molecule has 0 saturated heterocycles. The molecule has 0 fully saturated rings. The van der Waals surface area contributed by atoms with Gasteiger partial charge in [0.25, 0.3) is 5.69 Å². The first-order chi connectivity index (χ1) is 12.4. The number of amides is 1. The highest BCUT2D eigenvalue weighted by molar-refractivity contribution is 7.80. The molecular weight excluding hydrogens is 378 g/mol. The van der Waals surface area contributed by atoms with Crippen molar-refractivity contribution in [2.75, 3.05) is 12.4 Å². The molecule has 0 aliphatic carbocycles. The van der Waals surface area contributed by atoms with Crippen molar-refractivity contribution in [3.05, 3.63) is 69.2 Å². The van der Waals surface area contributed by atoms with E-state index in [0.29, 0.717) is 22.0 Å². The van der Waals surface area contributed by atoms with Gasteiger partial charge in [0.2, 0.25) is 5.91 Å². The molecule has 134 valence electrons. The first-order valence-electron chi connectivity index (χ1n) is 7.27. The molecule has 2 aromatic carbocycles. The first kappa shape index (κ1) is 19.4. The third-order valence-corrected chi connectivity index (χ3v) is 3.65. The zero-order valence-corrected chi connectivity index (χ0v) is 15.1. The van der Waals surface area contributed by atoms with E-state index < -0.39 is 10.8 Å². The fourth-order valence-corrected chi connectivity index (χ4v) is 2.45. The van der Waals surface area contributed by atoms with Gasteiger partial charge in [-0.25, -0.2) is 0 Å². The molecule has 0 aliphatic heterocycles. The molecule has 9 heteroatoms. The Kier molecular flexibility index (Phi) is 6.65. The Balaban J connectivity index is 1.94. The second kappa shape index (κ2) is 8.93. The van der Waals surface area contributed by atoms with Gasteiger partial charge in [0.15, 0.2) is 5.11 Å². The lowest BCUT2D eigenvalue weighted by Gasteiger charge is -2.10. The van der Waals surface area contributed by atoms with Gasteiger partial charge in [-0.05, 0) is 42.1 Å². The van der Waals surface area contributed by atoms with Gasteiger partial charge in [-0.1, -0.05) is 23.7 Å². The Hall–Kier alpha value is -2.97. The van der Waals surface area contributed by atoms with Crippen LogP contribution in [0.2, 0.25) is 5.02 Å². The summed E-state index contributed by atoms with van der Waals surface area (Å²) in [7, 11) is 1.51. The maximum Gasteiger partial charge on any atom is 0.270 e. The minimum Gasteiger partial charge on any atom is -0.495 e. The van der Waals surface area contributed by atoms with Crippen LogP contribution >= 0.6 is 23.8 Å². The summed E-state index contributed by atoms with van der Waals surface area (Å²) >= 11 is 11.1. The van der Waals surface area contributed by atoms with Crippen molar-refractivity contribution in [2.45, 2.75) is 0 Å². The van der Waals surface area contributed by atoms with Crippen LogP contribution in [0.25, 0.3) is 6.08 Å². The molecule has 0 spiro atoms. The lowest BCUT2D eigenvalue weighted by Crippen LogP contribution is -2.32. The molecule has 2 aromatic rings. The van der Waals surface area contributed by atoms with Crippen LogP contribution in [-0.2, 0) is 4.79 Å². The summed E-state index contributed by atoms with van der Waals surface area (Å²) < 4.78 is 5.05. The molecule has 0 radical (unpaired) electrons. The lowest BCUT2D eigenvalue weighted by molar-refractivity contribution is -0.384. The van der Waals surface area contributed by atoms with E-state index >= 15 is 0 Å². The first-order valence-corrected chi connectivity index (χ1v) is 8.05. The second-order valence-corrected chi connectivity index (χ2v) is 5.79. The number of nitro benzene ring substituents is 1. The Labute approximate surface area is 159 Å². The van der Waals surface area contributed by atoms with E-state index in [1.54, 1.807) is 24.3 Å². The van der Waals surface area contributed by atoms with Gasteiger partial charge >= 0.3 is 0 Å². The number of carbonyl (C=O) groups excluding carboxylic acids is 1. The average Bonchev–Trinajstić information content (AvgIpc) is 2.60. The SMILES string of the molecule is COc1ccc(NC(=S)NC(=O)/C=C/c2cccc([N+](=O)[O-])c2)cc1Cl. The number of methoxy groups -OCH3 is 1. The number of nitrogens with one attached hydrogen (secondary N) is 2. The summed E-state index contributed by atoms with van der Waals surface area (Å²) in [5, 5.41) is 16.5. The number of anilines is 1. The van der Waals surface area contributed by atoms with E-state index in [2.05, 4.69) is 10.6 Å². The molecule has 26 heavy (non-hydrogen) atoms. The van der Waals surface area contributed by atoms with Crippen LogP contribution in [0.15, 0.2) is 48.5 Å². The van der Waals surface area contributed by atoms with Crippen molar-refractivity contribution in [3.8, 4) is 5.75 Å². The van der Waals surface area contributed by atoms with E-state index in [4.69, 9.17) is 28.6 Å². The topological polar surface area (TPSA) is 93.5 Å². The highest BCUT2D eigenvalue weighted by Gasteiger charge is 2.06. The number of hydrogen-bond acceptors (Lipinski definition) is 5. The Bertz CT molecular complexity index is 886. The van der Waals surface area contributed by atoms with E-state index in [-0.39, 0.29) is 10.8 Å². The van der Waals surface area contributed by atoms with Gasteiger partial charge < -0.3 is 10.1 Å². The second-order valence-electron chi connectivity index (χ2n) is 4.98. The molecule has 0 aromatic heterocycles. The third kappa shape index (κ3) is 5.54. The fourth-order valence-electron chi connectivity index (χ4n) is 1.97. The minimum absolute atomic E-state index is 0.0545. The number of nitrogens with zero attached hydrogens (tertiary/aromatic N) is 1. The van der Waals surface area contributed by atoms with Gasteiger partial charge in [0.1, 0.15) is 5.75 Å². The summed E-state index contributed by atoms with van der Waals surface area (Å²) in [6, 6.07) is 10.9. The quantitative estimate of drug-likeness (QED) is 0.348. The molecule has 2 rings (SSSR count). The van der Waals surface area contributed by atoms with Crippen LogP contribution in [0.4, 0.5) is 11.4 Å². The summed E-state index contributed by atoms with van der Waals surface area (Å²) in [6.45, 7) is 0. The minimum atomic E-state index is -0.504. The zero-order valence-electron chi connectivity index (χ0n) is 13.6. The predicted octanol–water partition coefficient (Wildman–Crippen LogP) is 3.78. The van der Waals surface area contributed by atoms with Gasteiger partial charge in [0.05, 0.1) is 17.1 Å². The Morgan fingerprint density at radius 3 is 2.73 bits per heavy atom. The Morgan fingerprint density at radius 1 is 1.31 bits per heavy atom. The highest BCUT2D eigenvalue weighted by atomic mass is 35.5. The zero-order chi connectivity index (χ0) is 19.1. The molecule has 0 atom stereocenters. The van der Waals surface area contributed by atoms with Gasteiger partial charge in [-0.2, -0.15) is 0 Å². The number of ether oxygens (including phenoxy) is 1. The fraction of sp³-hybridized carbons (Fsp3) is 0.0588. The molecule has 0 aliphatic rings. The molecule has 7 nitrogen and oxygen atoms in total. The van der Waals surface area contributed by atoms with Crippen LogP contribution in [0.1, 0.15) is 5.56 Å². The van der Waals surface area contributed by atoms with Gasteiger partial charge in [-0.3, -0.25) is 20.2 Å². The molecule has 0 unspecified atom stereocenters. The smallest absolute Gasteiger partial charge is 0.270 e. The summed E-state index contributed by atoms with van der Waals surface area (Å²) in [5.74, 6) is 0.0423. The van der Waals surface area contributed by atoms with Crippen LogP contribution in [0, 0.1) is 10.1 Å². The molecule has 2 N–H and O–H groups in total. The van der Waals surface area contributed by atoms with E-state index in [0.717, 1.165) is 0 Å². The van der Waals surface area contributed by atoms with E-state index in [1.165, 1.54) is 37.5 Å². The standard InChI is InChI=1S/C17H14ClN3O4S/c1-25-15-7-6-12(10-14(15)18)19-17(26)20-16(22)8-5-11-3-2-4-13(9-11)21(23)24/h2-10H,1H3,(H2,19,20,22,26)/b8-5+. The van der Waals surface area contributed by atoms with Crippen molar-refractivity contribution in [1.29, 1.82) is 0 Å². The number of thiocarbonyl (C=S) groups is 1. The van der Waals surface area contributed by atoms with Crippen molar-refractivity contribution >= 4 is 52.3 Å². The number of non-ortho nitro benzene ring substituents is 1. The maximum atomic E-state index is 11.9. The third-order valence-electron chi connectivity index (χ3n) is 3.15. The molecular formula is C17H14ClN3O4S. The molecule has 0 bridgehead atoms. The molecule has 0 saturated carbocycles. The van der Waals surface area contributed by atoms with Crippen LogP contribution in [0.3, 0.4) is 0 Å². The van der Waals surface area contributed by atoms with Crippen LogP contribution in [-0.4, -0.2) is 23.1 Å². The van der Waals surface area contributed by atoms with Crippen LogP contribution < -0.4 is 15.4 Å². The van der Waals surface area contributed by atoms with Gasteiger partial charge in [0, 0.05) is 23.9 Å². The number of carbonyl (C=O) groups is 1. The van der Waals surface area contributed by atoms with E-state index in [1.807, 2.05) is 0 Å². The largest absolute Gasteiger partial charge is 0.495 e. The average molecular weight is 392 g/mol. The normalized spacial score (nSPS) is 10.4. The monoisotopic (exact) mass is 391 g/mol. The highest BCUT2D eigenvalue weighted by Crippen LogP contribution is 2.27. The van der Waals surface area contributed by atoms with Crippen molar-refractivity contribution in [1.82, 2.24) is 5.32 Å². The Morgan fingerprint density at radius 2 is 2.08 bits per heavy atom.